The van der Waals surface area contributed by atoms with Crippen molar-refractivity contribution in [2.75, 3.05) is 24.6 Å². The molecule has 4 rings (SSSR count). The lowest BCUT2D eigenvalue weighted by molar-refractivity contribution is 0.130. The standard InChI is InChI=1S/C27H34N4O3/c1-2-34-24-14-10-21(11-15-24)27(30-26(32)33)16-4-3-7-25(27)29-22-6-5-17-31(19-22)23-12-8-20(18-28)9-13-23/h8-15,22,25,29-30H,2-7,16-17,19H2,1H3,(H,32,33). The molecule has 1 heterocycles. The zero-order valence-electron chi connectivity index (χ0n) is 19.8. The van der Waals surface area contributed by atoms with Crippen LogP contribution >= 0.6 is 0 Å². The number of hydrogen-bond donors (Lipinski definition) is 3. The summed E-state index contributed by atoms with van der Waals surface area (Å²) in [4.78, 5) is 14.3. The highest BCUT2D eigenvalue weighted by atomic mass is 16.5. The Kier molecular flexibility index (Phi) is 7.59. The van der Waals surface area contributed by atoms with Crippen LogP contribution in [0.5, 0.6) is 5.75 Å². The molecule has 1 aliphatic heterocycles. The van der Waals surface area contributed by atoms with Gasteiger partial charge in [-0.05, 0) is 74.6 Å². The number of nitrogens with one attached hydrogen (secondary N) is 2. The zero-order valence-corrected chi connectivity index (χ0v) is 19.8. The van der Waals surface area contributed by atoms with E-state index in [2.05, 4.69) is 21.6 Å². The minimum Gasteiger partial charge on any atom is -0.494 e. The van der Waals surface area contributed by atoms with Gasteiger partial charge in [-0.25, -0.2) is 4.79 Å². The Labute approximate surface area is 201 Å². The van der Waals surface area contributed by atoms with Crippen molar-refractivity contribution in [2.24, 2.45) is 0 Å². The number of anilines is 1. The van der Waals surface area contributed by atoms with Crippen LogP contribution in [0.1, 0.15) is 56.6 Å². The first kappa shape index (κ1) is 23.9. The molecule has 2 fully saturated rings. The molecule has 1 saturated heterocycles. The molecule has 1 aliphatic carbocycles. The molecule has 180 valence electrons. The van der Waals surface area contributed by atoms with E-state index in [0.29, 0.717) is 12.2 Å². The van der Waals surface area contributed by atoms with Gasteiger partial charge in [0.05, 0.1) is 23.8 Å². The number of carbonyl (C=O) groups is 1. The van der Waals surface area contributed by atoms with Crippen LogP contribution in [-0.4, -0.2) is 43.0 Å². The number of nitrogens with zero attached hydrogens (tertiary/aromatic N) is 2. The van der Waals surface area contributed by atoms with E-state index < -0.39 is 11.6 Å². The van der Waals surface area contributed by atoms with Gasteiger partial charge in [-0.3, -0.25) is 0 Å². The topological polar surface area (TPSA) is 97.6 Å². The number of piperidine rings is 1. The van der Waals surface area contributed by atoms with Crippen LogP contribution in [0, 0.1) is 11.3 Å². The van der Waals surface area contributed by atoms with Gasteiger partial charge in [0.2, 0.25) is 0 Å². The Bertz CT molecular complexity index is 1000. The zero-order chi connectivity index (χ0) is 24.0. The average Bonchev–Trinajstić information content (AvgIpc) is 2.86. The molecule has 0 aromatic heterocycles. The van der Waals surface area contributed by atoms with E-state index in [4.69, 9.17) is 10.00 Å². The van der Waals surface area contributed by atoms with Gasteiger partial charge in [0.15, 0.2) is 0 Å². The number of rotatable bonds is 7. The quantitative estimate of drug-likeness (QED) is 0.555. The Morgan fingerprint density at radius 2 is 1.91 bits per heavy atom. The molecule has 2 aromatic rings. The molecule has 2 aromatic carbocycles. The number of nitriles is 1. The summed E-state index contributed by atoms with van der Waals surface area (Å²) in [5.74, 6) is 0.794. The number of benzene rings is 2. The molecular weight excluding hydrogens is 428 g/mol. The fourth-order valence-electron chi connectivity index (χ4n) is 5.55. The molecule has 0 bridgehead atoms. The van der Waals surface area contributed by atoms with Crippen LogP contribution in [0.25, 0.3) is 0 Å². The van der Waals surface area contributed by atoms with Gasteiger partial charge in [-0.1, -0.05) is 25.0 Å². The van der Waals surface area contributed by atoms with Gasteiger partial charge in [0, 0.05) is 30.9 Å². The lowest BCUT2D eigenvalue weighted by atomic mass is 9.72. The molecule has 7 nitrogen and oxygen atoms in total. The largest absolute Gasteiger partial charge is 0.494 e. The lowest BCUT2D eigenvalue weighted by Gasteiger charge is -2.47. The van der Waals surface area contributed by atoms with Crippen molar-refractivity contribution in [3.05, 3.63) is 59.7 Å². The van der Waals surface area contributed by atoms with Gasteiger partial charge < -0.3 is 25.4 Å². The van der Waals surface area contributed by atoms with Crippen molar-refractivity contribution in [3.8, 4) is 11.8 Å². The first-order chi connectivity index (χ1) is 16.5. The SMILES string of the molecule is CCOc1ccc(C2(NC(=O)O)CCCCC2NC2CCCN(c3ccc(C#N)cc3)C2)cc1. The molecule has 3 unspecified atom stereocenters. The summed E-state index contributed by atoms with van der Waals surface area (Å²) in [6.45, 7) is 4.38. The van der Waals surface area contributed by atoms with Crippen LogP contribution in [0.15, 0.2) is 48.5 Å². The maximum absolute atomic E-state index is 11.9. The first-order valence-electron chi connectivity index (χ1n) is 12.3. The molecular formula is C27H34N4O3. The monoisotopic (exact) mass is 462 g/mol. The molecule has 34 heavy (non-hydrogen) atoms. The van der Waals surface area contributed by atoms with Crippen molar-refractivity contribution >= 4 is 11.8 Å². The van der Waals surface area contributed by atoms with Crippen LogP contribution in [0.4, 0.5) is 10.5 Å². The van der Waals surface area contributed by atoms with Gasteiger partial charge in [0.1, 0.15) is 5.75 Å². The number of hydrogen-bond acceptors (Lipinski definition) is 5. The first-order valence-corrected chi connectivity index (χ1v) is 12.3. The third kappa shape index (κ3) is 5.28. The van der Waals surface area contributed by atoms with E-state index >= 15 is 0 Å². The molecule has 0 radical (unpaired) electrons. The van der Waals surface area contributed by atoms with E-state index in [-0.39, 0.29) is 12.1 Å². The normalized spacial score (nSPS) is 24.8. The van der Waals surface area contributed by atoms with Gasteiger partial charge in [-0.15, -0.1) is 0 Å². The molecule has 3 N–H and O–H groups in total. The molecule has 2 aliphatic rings. The Morgan fingerprint density at radius 1 is 1.15 bits per heavy atom. The third-order valence-electron chi connectivity index (χ3n) is 7.14. The minimum absolute atomic E-state index is 0.00112. The highest BCUT2D eigenvalue weighted by Gasteiger charge is 2.44. The molecule has 1 saturated carbocycles. The summed E-state index contributed by atoms with van der Waals surface area (Å²) in [7, 11) is 0. The highest BCUT2D eigenvalue weighted by molar-refractivity contribution is 5.66. The highest BCUT2D eigenvalue weighted by Crippen LogP contribution is 2.39. The lowest BCUT2D eigenvalue weighted by Crippen LogP contribution is -2.63. The van der Waals surface area contributed by atoms with Crippen molar-refractivity contribution < 1.29 is 14.6 Å². The van der Waals surface area contributed by atoms with E-state index in [1.54, 1.807) is 0 Å². The number of ether oxygens (including phenoxy) is 1. The van der Waals surface area contributed by atoms with E-state index in [0.717, 1.165) is 68.6 Å². The Morgan fingerprint density at radius 3 is 2.59 bits per heavy atom. The summed E-state index contributed by atoms with van der Waals surface area (Å²) in [5, 5.41) is 25.7. The van der Waals surface area contributed by atoms with Crippen LogP contribution in [-0.2, 0) is 5.54 Å². The molecule has 7 heteroatoms. The average molecular weight is 463 g/mol. The maximum Gasteiger partial charge on any atom is 0.405 e. The van der Waals surface area contributed by atoms with Crippen LogP contribution < -0.4 is 20.3 Å². The summed E-state index contributed by atoms with van der Waals surface area (Å²) in [6.07, 6.45) is 4.85. The summed E-state index contributed by atoms with van der Waals surface area (Å²) < 4.78 is 5.60. The van der Waals surface area contributed by atoms with Gasteiger partial charge >= 0.3 is 6.09 Å². The Hall–Kier alpha value is -3.24. The maximum atomic E-state index is 11.9. The number of carboxylic acid groups (broad SMARTS) is 1. The van der Waals surface area contributed by atoms with Crippen LogP contribution in [0.3, 0.4) is 0 Å². The van der Waals surface area contributed by atoms with Crippen molar-refractivity contribution in [1.82, 2.24) is 10.6 Å². The summed E-state index contributed by atoms with van der Waals surface area (Å²) in [5.41, 5.74) is 2.09. The van der Waals surface area contributed by atoms with Gasteiger partial charge in [-0.2, -0.15) is 5.26 Å². The van der Waals surface area contributed by atoms with Gasteiger partial charge in [0.25, 0.3) is 0 Å². The minimum atomic E-state index is -0.995. The van der Waals surface area contributed by atoms with Crippen molar-refractivity contribution in [2.45, 2.75) is 63.1 Å². The van der Waals surface area contributed by atoms with Crippen LogP contribution in [0.2, 0.25) is 0 Å². The van der Waals surface area contributed by atoms with E-state index in [1.807, 2.05) is 55.5 Å². The predicted molar refractivity (Wildman–Crippen MR) is 132 cm³/mol. The van der Waals surface area contributed by atoms with Crippen molar-refractivity contribution in [3.63, 3.8) is 0 Å². The summed E-state index contributed by atoms with van der Waals surface area (Å²) in [6, 6.07) is 18.1. The Balaban J connectivity index is 1.55. The second kappa shape index (κ2) is 10.8. The summed E-state index contributed by atoms with van der Waals surface area (Å²) >= 11 is 0. The fraction of sp³-hybridized carbons (Fsp3) is 0.481. The molecule has 0 spiro atoms. The molecule has 3 atom stereocenters. The predicted octanol–water partition coefficient (Wildman–Crippen LogP) is 4.62. The van der Waals surface area contributed by atoms with E-state index in [1.165, 1.54) is 0 Å². The fourth-order valence-corrected chi connectivity index (χ4v) is 5.55. The second-order valence-electron chi connectivity index (χ2n) is 9.27. The molecule has 1 amide bonds. The smallest absolute Gasteiger partial charge is 0.405 e. The second-order valence-corrected chi connectivity index (χ2v) is 9.27. The third-order valence-corrected chi connectivity index (χ3v) is 7.14. The number of amides is 1. The van der Waals surface area contributed by atoms with E-state index in [9.17, 15) is 9.90 Å². The van der Waals surface area contributed by atoms with Crippen molar-refractivity contribution in [1.29, 1.82) is 5.26 Å².